The Hall–Kier alpha value is -2.10. The van der Waals surface area contributed by atoms with Gasteiger partial charge in [-0.15, -0.1) is 0 Å². The van der Waals surface area contributed by atoms with Crippen LogP contribution in [0.3, 0.4) is 0 Å². The first kappa shape index (κ1) is 15.3. The molecular weight excluding hydrogens is 262 g/mol. The molecule has 0 unspecified atom stereocenters. The van der Waals surface area contributed by atoms with Gasteiger partial charge in [0.1, 0.15) is 12.1 Å². The zero-order valence-electron chi connectivity index (χ0n) is 13.3. The first-order valence-electron chi connectivity index (χ1n) is 7.28. The van der Waals surface area contributed by atoms with E-state index in [0.29, 0.717) is 17.7 Å². The van der Waals surface area contributed by atoms with Crippen molar-refractivity contribution in [3.8, 4) is 11.6 Å². The van der Waals surface area contributed by atoms with Crippen molar-refractivity contribution < 1.29 is 4.74 Å². The van der Waals surface area contributed by atoms with E-state index in [4.69, 9.17) is 10.5 Å². The summed E-state index contributed by atoms with van der Waals surface area (Å²) in [6, 6.07) is 5.85. The summed E-state index contributed by atoms with van der Waals surface area (Å²) in [6.07, 6.45) is 1.55. The Morgan fingerprint density at radius 2 is 1.71 bits per heavy atom. The van der Waals surface area contributed by atoms with Gasteiger partial charge < -0.3 is 10.5 Å². The predicted molar refractivity (Wildman–Crippen MR) is 85.9 cm³/mol. The molecule has 2 aromatic rings. The van der Waals surface area contributed by atoms with E-state index in [9.17, 15) is 0 Å². The average molecular weight is 285 g/mol. The van der Waals surface area contributed by atoms with Crippen molar-refractivity contribution in [1.29, 1.82) is 0 Å². The van der Waals surface area contributed by atoms with E-state index in [2.05, 4.69) is 37.7 Å². The Morgan fingerprint density at radius 3 is 2.33 bits per heavy atom. The van der Waals surface area contributed by atoms with Gasteiger partial charge in [0.2, 0.25) is 5.88 Å². The van der Waals surface area contributed by atoms with E-state index in [1.807, 2.05) is 25.1 Å². The van der Waals surface area contributed by atoms with Crippen LogP contribution in [0.5, 0.6) is 11.6 Å². The van der Waals surface area contributed by atoms with Crippen LogP contribution in [0.15, 0.2) is 24.5 Å². The molecule has 0 fully saturated rings. The summed E-state index contributed by atoms with van der Waals surface area (Å²) in [5.74, 6) is 2.05. The molecule has 0 saturated heterocycles. The van der Waals surface area contributed by atoms with Gasteiger partial charge in [0.25, 0.3) is 0 Å². The third-order valence-electron chi connectivity index (χ3n) is 3.49. The second kappa shape index (κ2) is 6.12. The number of nitrogen functional groups attached to an aromatic ring is 1. The van der Waals surface area contributed by atoms with E-state index < -0.39 is 0 Å². The number of ether oxygens (including phenoxy) is 1. The Bertz CT molecular complexity index is 636. The molecule has 2 rings (SSSR count). The van der Waals surface area contributed by atoms with E-state index in [0.717, 1.165) is 28.3 Å². The van der Waals surface area contributed by atoms with Crippen molar-refractivity contribution in [3.05, 3.63) is 41.3 Å². The SMILES string of the molecule is Cc1cc(Oc2cc(C(C)C)ncn2)c(C(C)C)cc1N. The van der Waals surface area contributed by atoms with Crippen LogP contribution in [0, 0.1) is 6.92 Å². The van der Waals surface area contributed by atoms with Crippen LogP contribution in [0.25, 0.3) is 0 Å². The number of hydrogen-bond acceptors (Lipinski definition) is 4. The quantitative estimate of drug-likeness (QED) is 0.845. The van der Waals surface area contributed by atoms with Crippen molar-refractivity contribution in [1.82, 2.24) is 9.97 Å². The monoisotopic (exact) mass is 285 g/mol. The van der Waals surface area contributed by atoms with Crippen LogP contribution >= 0.6 is 0 Å². The molecule has 1 aromatic heterocycles. The molecule has 0 aliphatic carbocycles. The largest absolute Gasteiger partial charge is 0.439 e. The van der Waals surface area contributed by atoms with Gasteiger partial charge in [-0.3, -0.25) is 0 Å². The lowest BCUT2D eigenvalue weighted by atomic mass is 9.99. The van der Waals surface area contributed by atoms with Gasteiger partial charge >= 0.3 is 0 Å². The van der Waals surface area contributed by atoms with E-state index >= 15 is 0 Å². The summed E-state index contributed by atoms with van der Waals surface area (Å²) in [7, 11) is 0. The number of nitrogens with zero attached hydrogens (tertiary/aromatic N) is 2. The van der Waals surface area contributed by atoms with Gasteiger partial charge in [-0.25, -0.2) is 9.97 Å². The van der Waals surface area contributed by atoms with Gasteiger partial charge in [0.05, 0.1) is 5.69 Å². The van der Waals surface area contributed by atoms with Crippen LogP contribution < -0.4 is 10.5 Å². The normalized spacial score (nSPS) is 11.2. The molecule has 0 aliphatic rings. The molecule has 0 atom stereocenters. The maximum Gasteiger partial charge on any atom is 0.222 e. The van der Waals surface area contributed by atoms with Crippen LogP contribution in [0.4, 0.5) is 5.69 Å². The topological polar surface area (TPSA) is 61.0 Å². The fourth-order valence-electron chi connectivity index (χ4n) is 2.09. The molecule has 0 radical (unpaired) electrons. The Kier molecular flexibility index (Phi) is 4.46. The highest BCUT2D eigenvalue weighted by atomic mass is 16.5. The Labute approximate surface area is 126 Å². The molecule has 112 valence electrons. The third kappa shape index (κ3) is 3.51. The molecule has 1 heterocycles. The first-order chi connectivity index (χ1) is 9.88. The summed E-state index contributed by atoms with van der Waals surface area (Å²) in [5.41, 5.74) is 9.86. The molecule has 4 heteroatoms. The standard InChI is InChI=1S/C17H23N3O/c1-10(2)13-7-14(18)12(5)6-16(13)21-17-8-15(11(3)4)19-9-20-17/h6-11H,18H2,1-5H3. The summed E-state index contributed by atoms with van der Waals surface area (Å²) >= 11 is 0. The third-order valence-corrected chi connectivity index (χ3v) is 3.49. The van der Waals surface area contributed by atoms with Gasteiger partial charge in [0.15, 0.2) is 0 Å². The summed E-state index contributed by atoms with van der Waals surface area (Å²) in [4.78, 5) is 8.46. The molecule has 0 spiro atoms. The number of aromatic nitrogens is 2. The van der Waals surface area contributed by atoms with E-state index in [-0.39, 0.29) is 0 Å². The summed E-state index contributed by atoms with van der Waals surface area (Å²) in [6.45, 7) is 10.4. The van der Waals surface area contributed by atoms with Gasteiger partial charge in [-0.1, -0.05) is 27.7 Å². The van der Waals surface area contributed by atoms with E-state index in [1.54, 1.807) is 6.33 Å². The lowest BCUT2D eigenvalue weighted by molar-refractivity contribution is 0.451. The van der Waals surface area contributed by atoms with Gasteiger partial charge in [-0.05, 0) is 42.0 Å². The number of anilines is 1. The minimum Gasteiger partial charge on any atom is -0.439 e. The minimum atomic E-state index is 0.328. The Balaban J connectivity index is 2.39. The molecule has 0 bridgehead atoms. The van der Waals surface area contributed by atoms with Crippen LogP contribution in [0.2, 0.25) is 0 Å². The van der Waals surface area contributed by atoms with Gasteiger partial charge in [0, 0.05) is 11.8 Å². The van der Waals surface area contributed by atoms with Crippen molar-refractivity contribution in [2.75, 3.05) is 5.73 Å². The first-order valence-corrected chi connectivity index (χ1v) is 7.28. The smallest absolute Gasteiger partial charge is 0.222 e. The number of nitrogens with two attached hydrogens (primary N) is 1. The second-order valence-corrected chi connectivity index (χ2v) is 5.94. The minimum absolute atomic E-state index is 0.328. The highest BCUT2D eigenvalue weighted by Gasteiger charge is 2.13. The second-order valence-electron chi connectivity index (χ2n) is 5.94. The number of benzene rings is 1. The van der Waals surface area contributed by atoms with Crippen LogP contribution in [-0.4, -0.2) is 9.97 Å². The number of hydrogen-bond donors (Lipinski definition) is 1. The summed E-state index contributed by atoms with van der Waals surface area (Å²) < 4.78 is 5.99. The number of rotatable bonds is 4. The molecule has 21 heavy (non-hydrogen) atoms. The van der Waals surface area contributed by atoms with E-state index in [1.165, 1.54) is 0 Å². The average Bonchev–Trinajstić information content (AvgIpc) is 2.42. The molecule has 0 saturated carbocycles. The lowest BCUT2D eigenvalue weighted by Crippen LogP contribution is -2.01. The molecule has 4 nitrogen and oxygen atoms in total. The summed E-state index contributed by atoms with van der Waals surface area (Å²) in [5, 5.41) is 0. The van der Waals surface area contributed by atoms with Crippen molar-refractivity contribution >= 4 is 5.69 Å². The van der Waals surface area contributed by atoms with Crippen molar-refractivity contribution in [3.63, 3.8) is 0 Å². The molecular formula is C17H23N3O. The highest BCUT2D eigenvalue weighted by Crippen LogP contribution is 2.33. The molecule has 1 aromatic carbocycles. The highest BCUT2D eigenvalue weighted by molar-refractivity contribution is 5.55. The molecule has 0 amide bonds. The number of aryl methyl sites for hydroxylation is 1. The van der Waals surface area contributed by atoms with Gasteiger partial charge in [-0.2, -0.15) is 0 Å². The zero-order chi connectivity index (χ0) is 15.6. The molecule has 0 aliphatic heterocycles. The van der Waals surface area contributed by atoms with Crippen molar-refractivity contribution in [2.24, 2.45) is 0 Å². The maximum absolute atomic E-state index is 6.00. The lowest BCUT2D eigenvalue weighted by Gasteiger charge is -2.16. The zero-order valence-corrected chi connectivity index (χ0v) is 13.3. The fraction of sp³-hybridized carbons (Fsp3) is 0.412. The van der Waals surface area contributed by atoms with Crippen LogP contribution in [-0.2, 0) is 0 Å². The van der Waals surface area contributed by atoms with Crippen molar-refractivity contribution in [2.45, 2.75) is 46.5 Å². The molecule has 2 N–H and O–H groups in total. The Morgan fingerprint density at radius 1 is 1.00 bits per heavy atom. The predicted octanol–water partition coefficient (Wildman–Crippen LogP) is 4.41. The van der Waals surface area contributed by atoms with Crippen LogP contribution in [0.1, 0.15) is 56.4 Å². The fourth-order valence-corrected chi connectivity index (χ4v) is 2.09. The maximum atomic E-state index is 6.00.